The Hall–Kier alpha value is -1.29. The third kappa shape index (κ3) is 5.93. The topological polar surface area (TPSA) is 52.6 Å². The van der Waals surface area contributed by atoms with Crippen LogP contribution >= 0.6 is 11.6 Å². The zero-order valence-electron chi connectivity index (χ0n) is 7.03. The van der Waals surface area contributed by atoms with Gasteiger partial charge >= 0.3 is 11.9 Å². The summed E-state index contributed by atoms with van der Waals surface area (Å²) in [4.78, 5) is 21.1. The van der Waals surface area contributed by atoms with Gasteiger partial charge in [-0.3, -0.25) is 4.79 Å². The number of alkyl halides is 1. The standard InChI is InChI=1S/C8H9ClO4/c1-3-12-8(11)7(9)4-5-13-6(2)10/h3-5,7H,1H2,2H3. The molecule has 0 aliphatic carbocycles. The molecule has 0 radical (unpaired) electrons. The van der Waals surface area contributed by atoms with E-state index in [0.717, 1.165) is 12.5 Å². The van der Waals surface area contributed by atoms with E-state index in [2.05, 4.69) is 16.1 Å². The highest BCUT2D eigenvalue weighted by molar-refractivity contribution is 6.31. The lowest BCUT2D eigenvalue weighted by atomic mass is 10.4. The summed E-state index contributed by atoms with van der Waals surface area (Å²) in [6.07, 6.45) is 3.19. The van der Waals surface area contributed by atoms with Gasteiger partial charge in [0.25, 0.3) is 0 Å². The molecule has 0 N–H and O–H groups in total. The molecule has 0 spiro atoms. The van der Waals surface area contributed by atoms with Crippen molar-refractivity contribution >= 4 is 23.5 Å². The van der Waals surface area contributed by atoms with Crippen molar-refractivity contribution in [3.05, 3.63) is 25.2 Å². The lowest BCUT2D eigenvalue weighted by molar-refractivity contribution is -0.137. The van der Waals surface area contributed by atoms with Gasteiger partial charge < -0.3 is 9.47 Å². The highest BCUT2D eigenvalue weighted by atomic mass is 35.5. The molecular weight excluding hydrogens is 196 g/mol. The normalized spacial score (nSPS) is 12.2. The molecule has 0 aliphatic rings. The number of ether oxygens (including phenoxy) is 2. The van der Waals surface area contributed by atoms with Crippen LogP contribution < -0.4 is 0 Å². The highest BCUT2D eigenvalue weighted by Crippen LogP contribution is 2.01. The Morgan fingerprint density at radius 3 is 2.54 bits per heavy atom. The predicted octanol–water partition coefficient (Wildman–Crippen LogP) is 1.36. The van der Waals surface area contributed by atoms with Crippen molar-refractivity contribution in [3.63, 3.8) is 0 Å². The molecule has 0 saturated heterocycles. The Morgan fingerprint density at radius 1 is 1.46 bits per heavy atom. The molecule has 0 bridgehead atoms. The minimum Gasteiger partial charge on any atom is -0.435 e. The van der Waals surface area contributed by atoms with E-state index in [-0.39, 0.29) is 0 Å². The second-order valence-corrected chi connectivity index (χ2v) is 2.41. The van der Waals surface area contributed by atoms with Crippen molar-refractivity contribution in [2.24, 2.45) is 0 Å². The van der Waals surface area contributed by atoms with Crippen LogP contribution in [0.3, 0.4) is 0 Å². The first-order chi connectivity index (χ1) is 6.07. The van der Waals surface area contributed by atoms with Gasteiger partial charge in [0, 0.05) is 6.92 Å². The van der Waals surface area contributed by atoms with E-state index in [1.165, 1.54) is 13.0 Å². The number of hydrogen-bond acceptors (Lipinski definition) is 4. The molecule has 72 valence electrons. The summed E-state index contributed by atoms with van der Waals surface area (Å²) in [6.45, 7) is 4.41. The number of carbonyl (C=O) groups excluding carboxylic acids is 2. The van der Waals surface area contributed by atoms with Crippen LogP contribution in [0.25, 0.3) is 0 Å². The number of hydrogen-bond donors (Lipinski definition) is 0. The first-order valence-electron chi connectivity index (χ1n) is 3.37. The van der Waals surface area contributed by atoms with E-state index >= 15 is 0 Å². The maximum atomic E-state index is 10.8. The number of rotatable bonds is 4. The van der Waals surface area contributed by atoms with E-state index in [4.69, 9.17) is 11.6 Å². The molecule has 0 saturated carbocycles. The SMILES string of the molecule is C=COC(=O)C(Cl)C=COC(C)=O. The van der Waals surface area contributed by atoms with Crippen molar-refractivity contribution in [1.82, 2.24) is 0 Å². The molecule has 13 heavy (non-hydrogen) atoms. The maximum Gasteiger partial charge on any atom is 0.332 e. The quantitative estimate of drug-likeness (QED) is 0.394. The average Bonchev–Trinajstić information content (AvgIpc) is 2.04. The third-order valence-corrected chi connectivity index (χ3v) is 1.23. The molecule has 0 aromatic heterocycles. The molecule has 0 fully saturated rings. The summed E-state index contributed by atoms with van der Waals surface area (Å²) in [6, 6.07) is 0. The van der Waals surface area contributed by atoms with Crippen LogP contribution in [0.4, 0.5) is 0 Å². The molecule has 0 amide bonds. The van der Waals surface area contributed by atoms with Crippen LogP contribution in [0.5, 0.6) is 0 Å². The third-order valence-electron chi connectivity index (χ3n) is 0.906. The van der Waals surface area contributed by atoms with Gasteiger partial charge in [0.05, 0.1) is 12.5 Å². The number of halogens is 1. The molecule has 0 aromatic rings. The fourth-order valence-electron chi connectivity index (χ4n) is 0.430. The van der Waals surface area contributed by atoms with Crippen LogP contribution in [-0.4, -0.2) is 17.3 Å². The van der Waals surface area contributed by atoms with Gasteiger partial charge in [-0.15, -0.1) is 11.6 Å². The van der Waals surface area contributed by atoms with Crippen molar-refractivity contribution in [2.45, 2.75) is 12.3 Å². The number of esters is 2. The van der Waals surface area contributed by atoms with Crippen molar-refractivity contribution in [3.8, 4) is 0 Å². The van der Waals surface area contributed by atoms with Crippen LogP contribution in [0.15, 0.2) is 25.2 Å². The molecule has 5 heteroatoms. The van der Waals surface area contributed by atoms with Gasteiger partial charge in [-0.25, -0.2) is 4.79 Å². The van der Waals surface area contributed by atoms with Crippen LogP contribution in [-0.2, 0) is 19.1 Å². The Balaban J connectivity index is 3.91. The van der Waals surface area contributed by atoms with Crippen molar-refractivity contribution in [1.29, 1.82) is 0 Å². The molecule has 0 aromatic carbocycles. The van der Waals surface area contributed by atoms with E-state index in [1.807, 2.05) is 0 Å². The molecule has 1 unspecified atom stereocenters. The zero-order chi connectivity index (χ0) is 10.3. The fourth-order valence-corrected chi connectivity index (χ4v) is 0.541. The van der Waals surface area contributed by atoms with Gasteiger partial charge in [0.2, 0.25) is 0 Å². The summed E-state index contributed by atoms with van der Waals surface area (Å²) < 4.78 is 8.77. The van der Waals surface area contributed by atoms with Gasteiger partial charge in [-0.1, -0.05) is 6.58 Å². The Morgan fingerprint density at radius 2 is 2.08 bits per heavy atom. The Bertz CT molecular complexity index is 234. The predicted molar refractivity (Wildman–Crippen MR) is 46.8 cm³/mol. The van der Waals surface area contributed by atoms with Crippen LogP contribution in [0.1, 0.15) is 6.92 Å². The minimum absolute atomic E-state index is 0.489. The summed E-state index contributed by atoms with van der Waals surface area (Å²) in [7, 11) is 0. The van der Waals surface area contributed by atoms with Gasteiger partial charge in [0.15, 0.2) is 5.38 Å². The monoisotopic (exact) mass is 204 g/mol. The van der Waals surface area contributed by atoms with Crippen LogP contribution in [0, 0.1) is 0 Å². The Labute approximate surface area is 80.8 Å². The lowest BCUT2D eigenvalue weighted by Gasteiger charge is -2.00. The van der Waals surface area contributed by atoms with Gasteiger partial charge in [-0.05, 0) is 6.08 Å². The molecule has 4 nitrogen and oxygen atoms in total. The average molecular weight is 205 g/mol. The summed E-state index contributed by atoms with van der Waals surface area (Å²) in [5, 5.41) is -0.989. The summed E-state index contributed by atoms with van der Waals surface area (Å²) >= 11 is 5.49. The van der Waals surface area contributed by atoms with Crippen molar-refractivity contribution < 1.29 is 19.1 Å². The Kier molecular flexibility index (Phi) is 5.63. The highest BCUT2D eigenvalue weighted by Gasteiger charge is 2.11. The molecular formula is C8H9ClO4. The van der Waals surface area contributed by atoms with E-state index in [1.54, 1.807) is 0 Å². The van der Waals surface area contributed by atoms with Crippen LogP contribution in [0.2, 0.25) is 0 Å². The van der Waals surface area contributed by atoms with Gasteiger partial charge in [-0.2, -0.15) is 0 Å². The molecule has 0 rings (SSSR count). The first-order valence-corrected chi connectivity index (χ1v) is 3.81. The molecule has 0 aliphatic heterocycles. The van der Waals surface area contributed by atoms with E-state index < -0.39 is 17.3 Å². The lowest BCUT2D eigenvalue weighted by Crippen LogP contribution is -2.12. The van der Waals surface area contributed by atoms with E-state index in [0.29, 0.717) is 0 Å². The smallest absolute Gasteiger partial charge is 0.332 e. The van der Waals surface area contributed by atoms with Crippen molar-refractivity contribution in [2.75, 3.05) is 0 Å². The summed E-state index contributed by atoms with van der Waals surface area (Å²) in [5.41, 5.74) is 0. The maximum absolute atomic E-state index is 10.8. The second kappa shape index (κ2) is 6.25. The first kappa shape index (κ1) is 11.7. The zero-order valence-corrected chi connectivity index (χ0v) is 7.78. The largest absolute Gasteiger partial charge is 0.435 e. The van der Waals surface area contributed by atoms with Gasteiger partial charge in [0.1, 0.15) is 0 Å². The van der Waals surface area contributed by atoms with E-state index in [9.17, 15) is 9.59 Å². The fraction of sp³-hybridized carbons (Fsp3) is 0.250. The molecule has 1 atom stereocenters. The minimum atomic E-state index is -0.989. The summed E-state index contributed by atoms with van der Waals surface area (Å²) in [5.74, 6) is -1.17. The molecule has 0 heterocycles. The number of carbonyl (C=O) groups is 2. The second-order valence-electron chi connectivity index (χ2n) is 1.94.